The van der Waals surface area contributed by atoms with Crippen LogP contribution in [0.25, 0.3) is 11.8 Å². The Balaban J connectivity index is 1.49. The number of rotatable bonds is 3. The van der Waals surface area contributed by atoms with Crippen molar-refractivity contribution in [2.45, 2.75) is 46.0 Å². The van der Waals surface area contributed by atoms with Crippen LogP contribution in [0.3, 0.4) is 0 Å². The molecular weight excluding hydrogens is 442 g/mol. The molecule has 1 aliphatic carbocycles. The lowest BCUT2D eigenvalue weighted by atomic mass is 9.90. The summed E-state index contributed by atoms with van der Waals surface area (Å²) in [5.74, 6) is 0.101. The van der Waals surface area contributed by atoms with E-state index in [0.29, 0.717) is 16.1 Å². The zero-order chi connectivity index (χ0) is 22.4. The summed E-state index contributed by atoms with van der Waals surface area (Å²) in [6.45, 7) is 3.99. The van der Waals surface area contributed by atoms with Crippen molar-refractivity contribution in [2.24, 2.45) is 16.0 Å². The zero-order valence-corrected chi connectivity index (χ0v) is 19.6. The number of aromatic nitrogens is 1. The van der Waals surface area contributed by atoms with Gasteiger partial charge in [0.1, 0.15) is 5.04 Å². The van der Waals surface area contributed by atoms with Gasteiger partial charge in [-0.25, -0.2) is 0 Å². The van der Waals surface area contributed by atoms with E-state index in [1.54, 1.807) is 6.08 Å². The molecule has 0 unspecified atom stereocenters. The minimum atomic E-state index is -0.392. The van der Waals surface area contributed by atoms with E-state index in [4.69, 9.17) is 17.0 Å². The lowest BCUT2D eigenvalue weighted by Gasteiger charge is -2.20. The van der Waals surface area contributed by atoms with E-state index in [2.05, 4.69) is 14.7 Å². The molecule has 1 N–H and O–H groups in total. The summed E-state index contributed by atoms with van der Waals surface area (Å²) >= 11 is 7.87. The second-order valence-electron chi connectivity index (χ2n) is 8.41. The Bertz CT molecular complexity index is 1220. The number of fused-ring (bicyclic) bond motifs is 1. The number of nitrogens with one attached hydrogen (secondary N) is 1. The highest BCUT2D eigenvalue weighted by Crippen LogP contribution is 2.36. The fourth-order valence-corrected chi connectivity index (χ4v) is 5.89. The molecule has 5 rings (SSSR count). The van der Waals surface area contributed by atoms with E-state index in [-0.39, 0.29) is 11.4 Å². The number of aliphatic imine (C=N–C) groups is 1. The van der Waals surface area contributed by atoms with E-state index in [1.807, 2.05) is 44.2 Å². The van der Waals surface area contributed by atoms with Crippen molar-refractivity contribution in [3.63, 3.8) is 0 Å². The molecule has 3 aliphatic rings. The van der Waals surface area contributed by atoms with Gasteiger partial charge in [-0.3, -0.25) is 10.2 Å². The topological polar surface area (TPSA) is 73.8 Å². The van der Waals surface area contributed by atoms with Gasteiger partial charge in [0.05, 0.1) is 16.3 Å². The van der Waals surface area contributed by atoms with Crippen LogP contribution in [0.2, 0.25) is 5.02 Å². The van der Waals surface area contributed by atoms with Crippen LogP contribution in [0.5, 0.6) is 0 Å². The highest BCUT2D eigenvalue weighted by atomic mass is 35.5. The van der Waals surface area contributed by atoms with Crippen molar-refractivity contribution in [3.8, 4) is 5.69 Å². The maximum Gasteiger partial charge on any atom is 0.283 e. The fourth-order valence-electron chi connectivity index (χ4n) is 4.61. The molecule has 1 aromatic carbocycles. The van der Waals surface area contributed by atoms with Crippen molar-refractivity contribution in [1.29, 1.82) is 5.41 Å². The number of carbonyl (C=O) groups is 1. The third kappa shape index (κ3) is 3.63. The summed E-state index contributed by atoms with van der Waals surface area (Å²) in [7, 11) is 0. The summed E-state index contributed by atoms with van der Waals surface area (Å²) in [6, 6.07) is 9.67. The number of aryl methyl sites for hydroxylation is 1. The van der Waals surface area contributed by atoms with E-state index >= 15 is 0 Å². The lowest BCUT2D eigenvalue weighted by Crippen LogP contribution is -2.35. The maximum absolute atomic E-state index is 12.8. The van der Waals surface area contributed by atoms with Gasteiger partial charge in [-0.05, 0) is 68.3 Å². The Morgan fingerprint density at radius 3 is 2.69 bits per heavy atom. The first kappa shape index (κ1) is 21.2. The smallest absolute Gasteiger partial charge is 0.283 e. The largest absolute Gasteiger partial charge is 0.316 e. The van der Waals surface area contributed by atoms with Crippen molar-refractivity contribution >= 4 is 51.4 Å². The van der Waals surface area contributed by atoms with Crippen molar-refractivity contribution in [3.05, 3.63) is 57.9 Å². The summed E-state index contributed by atoms with van der Waals surface area (Å²) < 4.78 is 2.06. The number of amides is 1. The number of benzene rings is 1. The Morgan fingerprint density at radius 1 is 1.19 bits per heavy atom. The van der Waals surface area contributed by atoms with Gasteiger partial charge < -0.3 is 4.57 Å². The lowest BCUT2D eigenvalue weighted by molar-refractivity contribution is -0.114. The molecule has 32 heavy (non-hydrogen) atoms. The van der Waals surface area contributed by atoms with Gasteiger partial charge in [-0.15, -0.1) is 0 Å². The number of hydrogen-bond donors (Lipinski definition) is 1. The van der Waals surface area contributed by atoms with Crippen molar-refractivity contribution in [2.75, 3.05) is 0 Å². The summed E-state index contributed by atoms with van der Waals surface area (Å²) in [5.41, 5.74) is 3.94. The van der Waals surface area contributed by atoms with E-state index in [1.165, 1.54) is 36.0 Å². The predicted molar refractivity (Wildman–Crippen MR) is 132 cm³/mol. The van der Waals surface area contributed by atoms with E-state index in [9.17, 15) is 4.79 Å². The molecule has 164 valence electrons. The van der Waals surface area contributed by atoms with Crippen LogP contribution in [0, 0.1) is 25.2 Å². The monoisotopic (exact) mass is 465 g/mol. The average molecular weight is 466 g/mol. The molecule has 0 atom stereocenters. The van der Waals surface area contributed by atoms with Crippen LogP contribution in [0.15, 0.2) is 46.0 Å². The Morgan fingerprint density at radius 2 is 1.94 bits per heavy atom. The minimum Gasteiger partial charge on any atom is -0.316 e. The second kappa shape index (κ2) is 8.37. The molecule has 0 bridgehead atoms. The minimum absolute atomic E-state index is 0.0841. The van der Waals surface area contributed by atoms with Gasteiger partial charge >= 0.3 is 0 Å². The molecule has 1 saturated carbocycles. The second-order valence-corrected chi connectivity index (χ2v) is 9.80. The first-order chi connectivity index (χ1) is 15.4. The van der Waals surface area contributed by atoms with Crippen LogP contribution >= 0.6 is 23.4 Å². The Kier molecular flexibility index (Phi) is 5.55. The van der Waals surface area contributed by atoms with Gasteiger partial charge in [-0.2, -0.15) is 15.1 Å². The van der Waals surface area contributed by atoms with Crippen molar-refractivity contribution in [1.82, 2.24) is 9.58 Å². The molecule has 1 fully saturated rings. The Labute approximate surface area is 196 Å². The van der Waals surface area contributed by atoms with Gasteiger partial charge in [0, 0.05) is 17.3 Å². The molecule has 3 heterocycles. The van der Waals surface area contributed by atoms with Gasteiger partial charge in [0.25, 0.3) is 5.91 Å². The van der Waals surface area contributed by atoms with Gasteiger partial charge in [0.2, 0.25) is 5.17 Å². The van der Waals surface area contributed by atoms with E-state index in [0.717, 1.165) is 40.5 Å². The number of hydrogen-bond acceptors (Lipinski definition) is 4. The number of halogens is 1. The molecule has 0 radical (unpaired) electrons. The molecule has 0 spiro atoms. The molecule has 0 saturated heterocycles. The standard InChI is InChI=1S/C24H24ClN5OS/c1-14-12-17(15(2)29(14)20-11-7-6-10-19(20)25)13-18-21(26)30-24(27-22(18)31)32-23(28-30)16-8-4-3-5-9-16/h6-7,10-13,16,26H,3-5,8-9H2,1-2H3/b18-13-,26-21?. The fraction of sp³-hybridized carbons (Fsp3) is 0.333. The van der Waals surface area contributed by atoms with Gasteiger partial charge in [-0.1, -0.05) is 43.0 Å². The van der Waals surface area contributed by atoms with Crippen LogP contribution in [0.4, 0.5) is 0 Å². The van der Waals surface area contributed by atoms with Crippen LogP contribution in [-0.4, -0.2) is 31.5 Å². The van der Waals surface area contributed by atoms with Gasteiger partial charge in [0.15, 0.2) is 5.84 Å². The molecule has 2 aromatic rings. The predicted octanol–water partition coefficient (Wildman–Crippen LogP) is 5.95. The zero-order valence-electron chi connectivity index (χ0n) is 18.1. The highest BCUT2D eigenvalue weighted by molar-refractivity contribution is 8.27. The SMILES string of the molecule is Cc1cc(/C=C2/C(=N)N3N=C(C4CCCCC4)SC3=NC2=O)c(C)n1-c1ccccc1Cl. The first-order valence-corrected chi connectivity index (χ1v) is 12.1. The molecule has 2 aliphatic heterocycles. The number of nitrogens with zero attached hydrogens (tertiary/aromatic N) is 4. The van der Waals surface area contributed by atoms with Crippen LogP contribution < -0.4 is 0 Å². The molecule has 1 amide bonds. The number of amidine groups is 2. The third-order valence-corrected chi connectivity index (χ3v) is 7.68. The third-order valence-electron chi connectivity index (χ3n) is 6.29. The average Bonchev–Trinajstić information content (AvgIpc) is 3.33. The molecular formula is C24H24ClN5OS. The number of thioether (sulfide) groups is 1. The molecule has 8 heteroatoms. The summed E-state index contributed by atoms with van der Waals surface area (Å²) in [6.07, 6.45) is 7.67. The van der Waals surface area contributed by atoms with Crippen LogP contribution in [0.1, 0.15) is 49.1 Å². The first-order valence-electron chi connectivity index (χ1n) is 10.9. The van der Waals surface area contributed by atoms with Crippen molar-refractivity contribution < 1.29 is 4.79 Å². The maximum atomic E-state index is 12.8. The number of hydrazone groups is 1. The number of para-hydroxylation sites is 1. The summed E-state index contributed by atoms with van der Waals surface area (Å²) in [5, 5.41) is 17.0. The molecule has 6 nitrogen and oxygen atoms in total. The molecule has 1 aromatic heterocycles. The van der Waals surface area contributed by atoms with Crippen LogP contribution in [-0.2, 0) is 4.79 Å². The highest BCUT2D eigenvalue weighted by Gasteiger charge is 2.38. The number of carbonyl (C=O) groups excluding carboxylic acids is 1. The van der Waals surface area contributed by atoms with E-state index < -0.39 is 5.91 Å². The quantitative estimate of drug-likeness (QED) is 0.569. The summed E-state index contributed by atoms with van der Waals surface area (Å²) in [4.78, 5) is 17.1. The normalized spacial score (nSPS) is 20.6. The Hall–Kier alpha value is -2.64.